The zero-order valence-corrected chi connectivity index (χ0v) is 9.42. The zero-order chi connectivity index (χ0) is 9.68. The molecule has 1 aromatic heterocycles. The average Bonchev–Trinajstić information content (AvgIpc) is 2.16. The number of rotatable bonds is 4. The van der Waals surface area contributed by atoms with E-state index >= 15 is 0 Å². The largest absolute Gasteiger partial charge is 0.398 e. The van der Waals surface area contributed by atoms with Crippen molar-refractivity contribution in [2.24, 2.45) is 0 Å². The molecule has 72 valence electrons. The molecule has 0 aliphatic carbocycles. The van der Waals surface area contributed by atoms with Crippen LogP contribution >= 0.6 is 15.9 Å². The van der Waals surface area contributed by atoms with Gasteiger partial charge in [0.25, 0.3) is 0 Å². The molecule has 0 aliphatic rings. The Morgan fingerprint density at radius 1 is 1.62 bits per heavy atom. The Balaban J connectivity index is 2.50. The predicted molar refractivity (Wildman–Crippen MR) is 60.0 cm³/mol. The summed E-state index contributed by atoms with van der Waals surface area (Å²) in [6, 6.07) is 1.85. The van der Waals surface area contributed by atoms with Gasteiger partial charge in [-0.15, -0.1) is 0 Å². The summed E-state index contributed by atoms with van der Waals surface area (Å²) in [5.41, 5.74) is 7.80. The molecular weight excluding hydrogens is 228 g/mol. The minimum atomic E-state index is 0.590. The highest BCUT2D eigenvalue weighted by Gasteiger charge is 2.03. The highest BCUT2D eigenvalue weighted by atomic mass is 79.9. The van der Waals surface area contributed by atoms with Crippen molar-refractivity contribution in [2.45, 2.75) is 31.0 Å². The Hall–Kier alpha value is -0.570. The molecular formula is C10H15BrN2. The highest BCUT2D eigenvalue weighted by molar-refractivity contribution is 9.09. The number of aryl methyl sites for hydroxylation is 1. The summed E-state index contributed by atoms with van der Waals surface area (Å²) >= 11 is 3.60. The Kier molecular flexibility index (Phi) is 4.22. The predicted octanol–water partition coefficient (Wildman–Crippen LogP) is 2.77. The van der Waals surface area contributed by atoms with E-state index in [0.29, 0.717) is 4.83 Å². The number of nitrogens with two attached hydrogens (primary N) is 1. The Morgan fingerprint density at radius 3 is 3.00 bits per heavy atom. The minimum absolute atomic E-state index is 0.590. The maximum absolute atomic E-state index is 5.79. The number of nitrogen functional groups attached to an aromatic ring is 1. The molecule has 13 heavy (non-hydrogen) atoms. The number of pyridine rings is 1. The van der Waals surface area contributed by atoms with E-state index in [1.54, 1.807) is 6.20 Å². The molecule has 1 rings (SSSR count). The van der Waals surface area contributed by atoms with Gasteiger partial charge in [0.1, 0.15) is 0 Å². The van der Waals surface area contributed by atoms with E-state index in [4.69, 9.17) is 5.73 Å². The highest BCUT2D eigenvalue weighted by Crippen LogP contribution is 2.16. The maximum atomic E-state index is 5.79. The molecule has 1 aromatic rings. The van der Waals surface area contributed by atoms with Gasteiger partial charge in [-0.3, -0.25) is 4.98 Å². The minimum Gasteiger partial charge on any atom is -0.398 e. The van der Waals surface area contributed by atoms with Crippen molar-refractivity contribution in [1.29, 1.82) is 0 Å². The van der Waals surface area contributed by atoms with Crippen molar-refractivity contribution in [3.05, 3.63) is 24.0 Å². The topological polar surface area (TPSA) is 38.9 Å². The number of aromatic nitrogens is 1. The molecule has 0 aliphatic heterocycles. The first-order chi connectivity index (χ1) is 6.24. The number of alkyl halides is 1. The summed E-state index contributed by atoms with van der Waals surface area (Å²) < 4.78 is 0. The van der Waals surface area contributed by atoms with Crippen LogP contribution in [0.4, 0.5) is 5.69 Å². The lowest BCUT2D eigenvalue weighted by molar-refractivity contribution is 0.746. The van der Waals surface area contributed by atoms with Crippen molar-refractivity contribution in [3.63, 3.8) is 0 Å². The van der Waals surface area contributed by atoms with Crippen LogP contribution in [0.5, 0.6) is 0 Å². The van der Waals surface area contributed by atoms with Crippen molar-refractivity contribution in [1.82, 2.24) is 4.98 Å². The van der Waals surface area contributed by atoms with E-state index in [2.05, 4.69) is 27.8 Å². The molecule has 0 saturated heterocycles. The number of anilines is 1. The zero-order valence-electron chi connectivity index (χ0n) is 7.83. The monoisotopic (exact) mass is 242 g/mol. The first-order valence-electron chi connectivity index (χ1n) is 4.56. The molecule has 0 fully saturated rings. The van der Waals surface area contributed by atoms with Gasteiger partial charge in [-0.05, 0) is 30.9 Å². The molecule has 0 radical (unpaired) electrons. The molecule has 0 amide bonds. The van der Waals surface area contributed by atoms with Crippen molar-refractivity contribution in [3.8, 4) is 0 Å². The third-order valence-corrected chi connectivity index (χ3v) is 3.22. The fraction of sp³-hybridized carbons (Fsp3) is 0.500. The molecule has 1 unspecified atom stereocenters. The summed E-state index contributed by atoms with van der Waals surface area (Å²) in [5, 5.41) is 0. The summed E-state index contributed by atoms with van der Waals surface area (Å²) in [6.07, 6.45) is 6.85. The molecule has 1 heterocycles. The molecule has 0 spiro atoms. The van der Waals surface area contributed by atoms with Crippen molar-refractivity contribution >= 4 is 21.6 Å². The van der Waals surface area contributed by atoms with E-state index in [-0.39, 0.29) is 0 Å². The van der Waals surface area contributed by atoms with Crippen LogP contribution in [-0.4, -0.2) is 9.81 Å². The van der Waals surface area contributed by atoms with Gasteiger partial charge in [0.15, 0.2) is 0 Å². The normalized spacial score (nSPS) is 12.8. The average molecular weight is 243 g/mol. The maximum Gasteiger partial charge on any atom is 0.0377 e. The molecule has 2 N–H and O–H groups in total. The van der Waals surface area contributed by atoms with Crippen LogP contribution in [0.15, 0.2) is 18.5 Å². The molecule has 3 heteroatoms. The second kappa shape index (κ2) is 5.22. The number of halogens is 1. The lowest BCUT2D eigenvalue weighted by Gasteiger charge is -2.07. The van der Waals surface area contributed by atoms with Gasteiger partial charge in [-0.25, -0.2) is 0 Å². The molecule has 0 aromatic carbocycles. The SMILES string of the molecule is CCC(Br)CCc1cnccc1N. The fourth-order valence-corrected chi connectivity index (χ4v) is 1.39. The first kappa shape index (κ1) is 10.5. The van der Waals surface area contributed by atoms with E-state index in [1.807, 2.05) is 12.3 Å². The summed E-state index contributed by atoms with van der Waals surface area (Å²) in [6.45, 7) is 2.17. The molecule has 0 saturated carbocycles. The van der Waals surface area contributed by atoms with E-state index in [9.17, 15) is 0 Å². The summed E-state index contributed by atoms with van der Waals surface area (Å²) in [4.78, 5) is 4.64. The number of hydrogen-bond acceptors (Lipinski definition) is 2. The van der Waals surface area contributed by atoms with Crippen molar-refractivity contribution in [2.75, 3.05) is 5.73 Å². The van der Waals surface area contributed by atoms with Gasteiger partial charge >= 0.3 is 0 Å². The van der Waals surface area contributed by atoms with Crippen LogP contribution in [0.3, 0.4) is 0 Å². The van der Waals surface area contributed by atoms with Crippen LogP contribution in [0.1, 0.15) is 25.3 Å². The van der Waals surface area contributed by atoms with Crippen molar-refractivity contribution < 1.29 is 0 Å². The third-order valence-electron chi connectivity index (χ3n) is 2.11. The Labute approximate surface area is 87.7 Å². The number of hydrogen-bond donors (Lipinski definition) is 1. The standard InChI is InChI=1S/C10H15BrN2/c1-2-9(11)4-3-8-7-13-6-5-10(8)12/h5-7,9H,2-4H2,1H3,(H2,12,13). The second-order valence-corrected chi connectivity index (χ2v) is 4.41. The van der Waals surface area contributed by atoms with Gasteiger partial charge in [0, 0.05) is 22.9 Å². The smallest absolute Gasteiger partial charge is 0.0377 e. The van der Waals surface area contributed by atoms with Gasteiger partial charge in [-0.2, -0.15) is 0 Å². The lowest BCUT2D eigenvalue weighted by Crippen LogP contribution is -2.01. The lowest BCUT2D eigenvalue weighted by atomic mass is 10.1. The van der Waals surface area contributed by atoms with Crippen LogP contribution in [0.25, 0.3) is 0 Å². The van der Waals surface area contributed by atoms with Gasteiger partial charge in [-0.1, -0.05) is 22.9 Å². The third kappa shape index (κ3) is 3.35. The van der Waals surface area contributed by atoms with Gasteiger partial charge < -0.3 is 5.73 Å². The first-order valence-corrected chi connectivity index (χ1v) is 5.48. The Bertz CT molecular complexity index is 263. The van der Waals surface area contributed by atoms with Crippen LogP contribution in [0, 0.1) is 0 Å². The van der Waals surface area contributed by atoms with E-state index < -0.39 is 0 Å². The van der Waals surface area contributed by atoms with E-state index in [0.717, 1.165) is 30.5 Å². The second-order valence-electron chi connectivity index (χ2n) is 3.12. The van der Waals surface area contributed by atoms with Crippen LogP contribution in [-0.2, 0) is 6.42 Å². The summed E-state index contributed by atoms with van der Waals surface area (Å²) in [7, 11) is 0. The molecule has 1 atom stereocenters. The molecule has 2 nitrogen and oxygen atoms in total. The Morgan fingerprint density at radius 2 is 2.38 bits per heavy atom. The molecule has 0 bridgehead atoms. The van der Waals surface area contributed by atoms with Gasteiger partial charge in [0.2, 0.25) is 0 Å². The number of nitrogens with zero attached hydrogens (tertiary/aromatic N) is 1. The fourth-order valence-electron chi connectivity index (χ4n) is 1.16. The quantitative estimate of drug-likeness (QED) is 0.826. The van der Waals surface area contributed by atoms with E-state index in [1.165, 1.54) is 0 Å². The van der Waals surface area contributed by atoms with Crippen LogP contribution in [0.2, 0.25) is 0 Å². The van der Waals surface area contributed by atoms with Gasteiger partial charge in [0.05, 0.1) is 0 Å². The summed E-state index contributed by atoms with van der Waals surface area (Å²) in [5.74, 6) is 0. The van der Waals surface area contributed by atoms with Crippen LogP contribution < -0.4 is 5.73 Å².